The lowest BCUT2D eigenvalue weighted by Gasteiger charge is -2.28. The van der Waals surface area contributed by atoms with Crippen molar-refractivity contribution in [3.05, 3.63) is 58.6 Å². The number of nitrogens with zero attached hydrogens (tertiary/aromatic N) is 1. The average molecular weight is 439 g/mol. The van der Waals surface area contributed by atoms with Crippen molar-refractivity contribution in [3.8, 4) is 5.75 Å². The molecule has 1 atom stereocenters. The Morgan fingerprint density at radius 3 is 2.45 bits per heavy atom. The van der Waals surface area contributed by atoms with Crippen LogP contribution in [0.4, 0.5) is 5.69 Å². The first-order chi connectivity index (χ1) is 13.5. The zero-order chi connectivity index (χ0) is 21.8. The number of benzene rings is 2. The minimum Gasteiger partial charge on any atom is -0.491 e. The van der Waals surface area contributed by atoms with E-state index in [0.717, 1.165) is 21.7 Å². The molecule has 0 saturated carbocycles. The maximum absolute atomic E-state index is 12.7. The van der Waals surface area contributed by atoms with Crippen molar-refractivity contribution >= 4 is 33.2 Å². The van der Waals surface area contributed by atoms with Gasteiger partial charge in [0.15, 0.2) is 0 Å². The normalized spacial score (nSPS) is 12.5. The first-order valence-corrected chi connectivity index (χ1v) is 11.5. The first-order valence-electron chi connectivity index (χ1n) is 9.28. The molecule has 0 aliphatic rings. The van der Waals surface area contributed by atoms with Gasteiger partial charge in [-0.1, -0.05) is 29.8 Å². The van der Waals surface area contributed by atoms with Crippen molar-refractivity contribution in [1.29, 1.82) is 0 Å². The van der Waals surface area contributed by atoms with Gasteiger partial charge in [0.2, 0.25) is 15.9 Å². The van der Waals surface area contributed by atoms with E-state index in [1.807, 2.05) is 45.0 Å². The van der Waals surface area contributed by atoms with Gasteiger partial charge in [0, 0.05) is 11.6 Å². The van der Waals surface area contributed by atoms with E-state index in [0.29, 0.717) is 16.5 Å². The number of nitrogens with one attached hydrogen (secondary N) is 1. The van der Waals surface area contributed by atoms with Crippen LogP contribution in [0.1, 0.15) is 31.9 Å². The summed E-state index contributed by atoms with van der Waals surface area (Å²) in [5, 5.41) is 3.23. The van der Waals surface area contributed by atoms with Crippen LogP contribution in [0.25, 0.3) is 0 Å². The van der Waals surface area contributed by atoms with E-state index in [2.05, 4.69) is 5.32 Å². The zero-order valence-electron chi connectivity index (χ0n) is 17.3. The summed E-state index contributed by atoms with van der Waals surface area (Å²) in [6, 6.07) is 11.4. The van der Waals surface area contributed by atoms with E-state index in [9.17, 15) is 13.2 Å². The number of ether oxygens (including phenoxy) is 1. The zero-order valence-corrected chi connectivity index (χ0v) is 18.8. The standard InChI is InChI=1S/C21H27ClN2O4S/c1-14(2)28-19-8-6-7-17(11-19)13-23-21(25)16(4)24(29(5,26)27)18-10-9-15(3)20(22)12-18/h6-12,14,16H,13H2,1-5H3,(H,23,25)/t16-/m0/s1. The third kappa shape index (κ3) is 6.37. The Morgan fingerprint density at radius 2 is 1.86 bits per heavy atom. The fraction of sp³-hybridized carbons (Fsp3) is 0.381. The molecule has 0 bridgehead atoms. The molecule has 0 fully saturated rings. The second kappa shape index (κ2) is 9.50. The number of aryl methyl sites for hydroxylation is 1. The molecular weight excluding hydrogens is 412 g/mol. The Morgan fingerprint density at radius 1 is 1.17 bits per heavy atom. The summed E-state index contributed by atoms with van der Waals surface area (Å²) in [5.41, 5.74) is 2.02. The quantitative estimate of drug-likeness (QED) is 0.678. The van der Waals surface area contributed by atoms with Gasteiger partial charge in [-0.2, -0.15) is 0 Å². The Bertz CT molecular complexity index is 976. The second-order valence-electron chi connectivity index (χ2n) is 7.20. The number of carbonyl (C=O) groups is 1. The second-order valence-corrected chi connectivity index (χ2v) is 9.47. The van der Waals surface area contributed by atoms with E-state index in [4.69, 9.17) is 16.3 Å². The molecule has 29 heavy (non-hydrogen) atoms. The average Bonchev–Trinajstić information content (AvgIpc) is 2.61. The predicted molar refractivity (Wildman–Crippen MR) is 117 cm³/mol. The molecule has 1 amide bonds. The van der Waals surface area contributed by atoms with Crippen LogP contribution in [0.15, 0.2) is 42.5 Å². The van der Waals surface area contributed by atoms with Crippen molar-refractivity contribution in [3.63, 3.8) is 0 Å². The molecule has 1 N–H and O–H groups in total. The molecule has 2 aromatic carbocycles. The third-order valence-electron chi connectivity index (χ3n) is 4.24. The van der Waals surface area contributed by atoms with Crippen molar-refractivity contribution in [1.82, 2.24) is 5.32 Å². The Kier molecular flexibility index (Phi) is 7.54. The maximum atomic E-state index is 12.7. The van der Waals surface area contributed by atoms with E-state index in [-0.39, 0.29) is 12.6 Å². The van der Waals surface area contributed by atoms with Gasteiger partial charge in [0.1, 0.15) is 11.8 Å². The summed E-state index contributed by atoms with van der Waals surface area (Å²) >= 11 is 6.15. The SMILES string of the molecule is Cc1ccc(N([C@@H](C)C(=O)NCc2cccc(OC(C)C)c2)S(C)(=O)=O)cc1Cl. The Hall–Kier alpha value is -2.25. The third-order valence-corrected chi connectivity index (χ3v) is 5.88. The predicted octanol–water partition coefficient (Wildman–Crippen LogP) is 3.91. The number of halogens is 1. The summed E-state index contributed by atoms with van der Waals surface area (Å²) in [7, 11) is -3.70. The minimum atomic E-state index is -3.70. The highest BCUT2D eigenvalue weighted by Crippen LogP contribution is 2.26. The van der Waals surface area contributed by atoms with Crippen LogP contribution in [-0.2, 0) is 21.4 Å². The largest absolute Gasteiger partial charge is 0.491 e. The van der Waals surface area contributed by atoms with Crippen LogP contribution in [0.5, 0.6) is 5.75 Å². The molecule has 0 spiro atoms. The lowest BCUT2D eigenvalue weighted by Crippen LogP contribution is -2.47. The number of carbonyl (C=O) groups excluding carboxylic acids is 1. The van der Waals surface area contributed by atoms with Gasteiger partial charge in [0.05, 0.1) is 18.0 Å². The van der Waals surface area contributed by atoms with Crippen LogP contribution in [0.3, 0.4) is 0 Å². The number of amides is 1. The Labute approximate surface area is 177 Å². The van der Waals surface area contributed by atoms with E-state index in [1.165, 1.54) is 0 Å². The Balaban J connectivity index is 2.16. The van der Waals surface area contributed by atoms with Gasteiger partial charge in [-0.05, 0) is 63.1 Å². The van der Waals surface area contributed by atoms with Crippen LogP contribution in [-0.4, -0.2) is 32.7 Å². The molecule has 8 heteroatoms. The first kappa shape index (κ1) is 23.0. The number of hydrogen-bond acceptors (Lipinski definition) is 4. The van der Waals surface area contributed by atoms with Gasteiger partial charge in [-0.25, -0.2) is 8.42 Å². The number of anilines is 1. The van der Waals surface area contributed by atoms with E-state index < -0.39 is 22.0 Å². The van der Waals surface area contributed by atoms with Crippen LogP contribution < -0.4 is 14.4 Å². The van der Waals surface area contributed by atoms with Crippen molar-refractivity contribution in [2.45, 2.75) is 46.4 Å². The molecule has 0 radical (unpaired) electrons. The lowest BCUT2D eigenvalue weighted by molar-refractivity contribution is -0.122. The van der Waals surface area contributed by atoms with Crippen molar-refractivity contribution in [2.75, 3.05) is 10.6 Å². The van der Waals surface area contributed by atoms with Crippen molar-refractivity contribution < 1.29 is 17.9 Å². The molecule has 0 aliphatic carbocycles. The molecule has 158 valence electrons. The van der Waals surface area contributed by atoms with Gasteiger partial charge in [0.25, 0.3) is 0 Å². The number of hydrogen-bond donors (Lipinski definition) is 1. The summed E-state index contributed by atoms with van der Waals surface area (Å²) in [4.78, 5) is 12.7. The molecule has 2 rings (SSSR count). The monoisotopic (exact) mass is 438 g/mol. The minimum absolute atomic E-state index is 0.0458. The van der Waals surface area contributed by atoms with Gasteiger partial charge in [-0.15, -0.1) is 0 Å². The summed E-state index contributed by atoms with van der Waals surface area (Å²) < 4.78 is 31.5. The lowest BCUT2D eigenvalue weighted by atomic mass is 10.2. The highest BCUT2D eigenvalue weighted by atomic mass is 35.5. The number of rotatable bonds is 8. The molecule has 0 saturated heterocycles. The van der Waals surface area contributed by atoms with Crippen molar-refractivity contribution in [2.24, 2.45) is 0 Å². The molecule has 6 nitrogen and oxygen atoms in total. The van der Waals surface area contributed by atoms with Crippen LogP contribution in [0.2, 0.25) is 5.02 Å². The van der Waals surface area contributed by atoms with Crippen LogP contribution >= 0.6 is 11.6 Å². The molecule has 0 aliphatic heterocycles. The fourth-order valence-electron chi connectivity index (χ4n) is 2.87. The highest BCUT2D eigenvalue weighted by molar-refractivity contribution is 7.92. The van der Waals surface area contributed by atoms with Gasteiger partial charge < -0.3 is 10.1 Å². The topological polar surface area (TPSA) is 75.7 Å². The van der Waals surface area contributed by atoms with Crippen LogP contribution in [0, 0.1) is 6.92 Å². The summed E-state index contributed by atoms with van der Waals surface area (Å²) in [5.74, 6) is 0.300. The smallest absolute Gasteiger partial charge is 0.243 e. The molecule has 0 heterocycles. The van der Waals surface area contributed by atoms with E-state index in [1.54, 1.807) is 25.1 Å². The van der Waals surface area contributed by atoms with E-state index >= 15 is 0 Å². The number of sulfonamides is 1. The molecular formula is C21H27ClN2O4S. The molecule has 0 aromatic heterocycles. The molecule has 0 unspecified atom stereocenters. The fourth-order valence-corrected chi connectivity index (χ4v) is 4.21. The maximum Gasteiger partial charge on any atom is 0.243 e. The summed E-state index contributed by atoms with van der Waals surface area (Å²) in [6.45, 7) is 7.50. The summed E-state index contributed by atoms with van der Waals surface area (Å²) in [6.07, 6.45) is 1.11. The van der Waals surface area contributed by atoms with Gasteiger partial charge in [-0.3, -0.25) is 9.10 Å². The molecule has 2 aromatic rings. The highest BCUT2D eigenvalue weighted by Gasteiger charge is 2.29. The van der Waals surface area contributed by atoms with Gasteiger partial charge >= 0.3 is 0 Å².